The number of hydrogen-bond acceptors (Lipinski definition) is 3. The average Bonchev–Trinajstić information content (AvgIpc) is 1.62. The highest BCUT2D eigenvalue weighted by Gasteiger charge is 1.92. The Bertz CT molecular complexity index is 84.2. The minimum Gasteiger partial charge on any atom is -0.566 e. The van der Waals surface area contributed by atoms with Crippen LogP contribution in [0.2, 0.25) is 0 Å². The molecule has 1 N–H and O–H groups in total. The lowest BCUT2D eigenvalue weighted by Gasteiger charge is -1.88. The Morgan fingerprint density at radius 3 is 1.80 bits per heavy atom. The maximum Gasteiger partial charge on any atom is 0.488 e. The van der Waals surface area contributed by atoms with Crippen molar-refractivity contribution >= 4 is 8.25 Å². The van der Waals surface area contributed by atoms with Gasteiger partial charge in [0.15, 0.2) is 0 Å². The number of hydrogen-bond donors (Lipinski definition) is 1. The van der Waals surface area contributed by atoms with Gasteiger partial charge in [0.2, 0.25) is 0 Å². The first-order valence-corrected chi connectivity index (χ1v) is 4.14. The number of nitrogens with one attached hydrogen (secondary N) is 1. The molecule has 0 aliphatic rings. The second kappa shape index (κ2) is 8.98. The largest absolute Gasteiger partial charge is 0.566 e. The first-order valence-electron chi connectivity index (χ1n) is 3.04. The van der Waals surface area contributed by atoms with E-state index in [0.29, 0.717) is 0 Å². The van der Waals surface area contributed by atoms with E-state index in [-0.39, 0.29) is 6.61 Å². The molecule has 0 aromatic carbocycles. The van der Waals surface area contributed by atoms with Crippen LogP contribution in [0.5, 0.6) is 0 Å². The molecule has 5 heteroatoms. The van der Waals surface area contributed by atoms with Crippen LogP contribution < -0.4 is 9.79 Å². The Morgan fingerprint density at radius 1 is 1.50 bits per heavy atom. The normalized spacial score (nSPS) is 10.4. The molecule has 0 aliphatic heterocycles. The molecule has 0 spiro atoms. The van der Waals surface area contributed by atoms with Gasteiger partial charge < -0.3 is 9.79 Å². The van der Waals surface area contributed by atoms with Crippen LogP contribution in [0.25, 0.3) is 0 Å². The summed E-state index contributed by atoms with van der Waals surface area (Å²) in [6.45, 7) is 1.85. The first kappa shape index (κ1) is 12.6. The zero-order valence-corrected chi connectivity index (χ0v) is 7.77. The second-order valence-electron chi connectivity index (χ2n) is 2.14. The molecular weight excluding hydrogens is 153 g/mol. The van der Waals surface area contributed by atoms with Crippen LogP contribution in [0.3, 0.4) is 0 Å². The summed E-state index contributed by atoms with van der Waals surface area (Å²) in [5.41, 5.74) is 0. The van der Waals surface area contributed by atoms with Crippen molar-refractivity contribution in [3.8, 4) is 0 Å². The van der Waals surface area contributed by atoms with Gasteiger partial charge in [0.25, 0.3) is 0 Å². The first-order chi connectivity index (χ1) is 4.50. The predicted octanol–water partition coefficient (Wildman–Crippen LogP) is -1.20. The summed E-state index contributed by atoms with van der Waals surface area (Å²) in [6, 6.07) is 0. The summed E-state index contributed by atoms with van der Waals surface area (Å²) in [5, 5.41) is 0. The van der Waals surface area contributed by atoms with E-state index in [0.717, 1.165) is 0 Å². The summed E-state index contributed by atoms with van der Waals surface area (Å²) in [4.78, 5) is 10.8. The molecule has 0 aliphatic carbocycles. The Hall–Kier alpha value is -0.0200. The van der Waals surface area contributed by atoms with Crippen LogP contribution in [-0.2, 0) is 9.09 Å². The fraction of sp³-hybridized carbons (Fsp3) is 1.00. The van der Waals surface area contributed by atoms with Gasteiger partial charge in [-0.25, -0.2) is 0 Å². The molecule has 0 radical (unpaired) electrons. The third-order valence-corrected chi connectivity index (χ3v) is 0.704. The van der Waals surface area contributed by atoms with Gasteiger partial charge in [0, 0.05) is 0 Å². The molecule has 0 saturated heterocycles. The molecule has 4 nitrogen and oxygen atoms in total. The molecule has 0 rings (SSSR count). The maximum atomic E-state index is 9.41. The lowest BCUT2D eigenvalue weighted by atomic mass is 10.9. The molecule has 0 amide bonds. The highest BCUT2D eigenvalue weighted by atomic mass is 31.1. The molecule has 0 heterocycles. The zero-order chi connectivity index (χ0) is 8.57. The smallest absolute Gasteiger partial charge is 0.488 e. The van der Waals surface area contributed by atoms with E-state index in [2.05, 4.69) is 25.7 Å². The van der Waals surface area contributed by atoms with E-state index in [1.807, 2.05) is 0 Å². The van der Waals surface area contributed by atoms with E-state index in [1.165, 1.54) is 4.90 Å². The quantitative estimate of drug-likeness (QED) is 0.527. The third kappa shape index (κ3) is 43.8. The monoisotopic (exact) mass is 168 g/mol. The summed E-state index contributed by atoms with van der Waals surface area (Å²) < 4.78 is 13.4. The standard InChI is InChI=1S/C3H9N.C2H5O3P/c1-4(2)3;1-2-5-6(3)4/h1-3H3;2H2,1H3/p+1. The van der Waals surface area contributed by atoms with Crippen molar-refractivity contribution < 1.29 is 18.9 Å². The Labute approximate surface area is 62.8 Å². The van der Waals surface area contributed by atoms with Gasteiger partial charge in [0.1, 0.15) is 0 Å². The molecule has 10 heavy (non-hydrogen) atoms. The van der Waals surface area contributed by atoms with E-state index in [9.17, 15) is 9.46 Å². The number of quaternary nitrogens is 1. The summed E-state index contributed by atoms with van der Waals surface area (Å²) in [6.07, 6.45) is 0. The lowest BCUT2D eigenvalue weighted by Crippen LogP contribution is -3.02. The van der Waals surface area contributed by atoms with Crippen LogP contribution in [0.1, 0.15) is 6.92 Å². The summed E-state index contributed by atoms with van der Waals surface area (Å²) in [5.74, 6) is 0. The van der Waals surface area contributed by atoms with Crippen LogP contribution in [-0.4, -0.2) is 27.7 Å². The molecule has 0 aromatic rings. The van der Waals surface area contributed by atoms with E-state index in [1.54, 1.807) is 6.92 Å². The van der Waals surface area contributed by atoms with Gasteiger partial charge in [-0.3, -0.25) is 0 Å². The lowest BCUT2D eigenvalue weighted by molar-refractivity contribution is -0.836. The van der Waals surface area contributed by atoms with E-state index in [4.69, 9.17) is 0 Å². The van der Waals surface area contributed by atoms with Crippen molar-refractivity contribution in [3.63, 3.8) is 0 Å². The fourth-order valence-corrected chi connectivity index (χ4v) is 0.316. The predicted molar refractivity (Wildman–Crippen MR) is 38.0 cm³/mol. The van der Waals surface area contributed by atoms with Gasteiger partial charge in [0.05, 0.1) is 27.7 Å². The minimum atomic E-state index is -2.60. The Balaban J connectivity index is 0. The zero-order valence-electron chi connectivity index (χ0n) is 6.88. The molecule has 0 fully saturated rings. The highest BCUT2D eigenvalue weighted by Crippen LogP contribution is 2.05. The average molecular weight is 168 g/mol. The highest BCUT2D eigenvalue weighted by molar-refractivity contribution is 7.30. The van der Waals surface area contributed by atoms with Gasteiger partial charge in [-0.1, -0.05) is 0 Å². The SMILES string of the molecule is CCO[P+](=O)[O-].C[NH+](C)C. The summed E-state index contributed by atoms with van der Waals surface area (Å²) in [7, 11) is 3.65. The molecule has 0 aromatic heterocycles. The van der Waals surface area contributed by atoms with Gasteiger partial charge in [-0.05, 0) is 11.5 Å². The summed E-state index contributed by atoms with van der Waals surface area (Å²) >= 11 is 0. The van der Waals surface area contributed by atoms with Crippen LogP contribution >= 0.6 is 8.25 Å². The molecule has 1 unspecified atom stereocenters. The van der Waals surface area contributed by atoms with Crippen molar-refractivity contribution in [2.24, 2.45) is 0 Å². The topological polar surface area (TPSA) is 53.8 Å². The Morgan fingerprint density at radius 2 is 1.80 bits per heavy atom. The second-order valence-corrected chi connectivity index (χ2v) is 2.85. The molecule has 0 saturated carbocycles. The fourth-order valence-electron chi connectivity index (χ4n) is 0.105. The van der Waals surface area contributed by atoms with Crippen LogP contribution in [0, 0.1) is 0 Å². The van der Waals surface area contributed by atoms with E-state index >= 15 is 0 Å². The third-order valence-electron chi connectivity index (χ3n) is 0.235. The number of rotatable bonds is 2. The molecular formula is C5H15NO3P+. The van der Waals surface area contributed by atoms with E-state index < -0.39 is 8.25 Å². The van der Waals surface area contributed by atoms with Crippen molar-refractivity contribution in [1.82, 2.24) is 0 Å². The van der Waals surface area contributed by atoms with Crippen molar-refractivity contribution in [1.29, 1.82) is 0 Å². The minimum absolute atomic E-state index is 0.235. The van der Waals surface area contributed by atoms with Gasteiger partial charge in [-0.2, -0.15) is 0 Å². The van der Waals surface area contributed by atoms with Crippen molar-refractivity contribution in [2.45, 2.75) is 6.92 Å². The van der Waals surface area contributed by atoms with Crippen LogP contribution in [0.4, 0.5) is 0 Å². The van der Waals surface area contributed by atoms with Crippen molar-refractivity contribution in [2.75, 3.05) is 27.7 Å². The Kier molecular flexibility index (Phi) is 11.3. The molecule has 1 atom stereocenters. The van der Waals surface area contributed by atoms with Gasteiger partial charge in [-0.15, -0.1) is 4.52 Å². The molecule has 62 valence electrons. The molecule has 0 bridgehead atoms. The van der Waals surface area contributed by atoms with Gasteiger partial charge >= 0.3 is 8.25 Å². The van der Waals surface area contributed by atoms with Crippen molar-refractivity contribution in [3.05, 3.63) is 0 Å². The van der Waals surface area contributed by atoms with Crippen LogP contribution in [0.15, 0.2) is 0 Å². The maximum absolute atomic E-state index is 9.41.